The SMILES string of the molecule is CCCOc1nc(NCC)nc(NCC(C)(O)CSC)n1. The standard InChI is InChI=1S/C13H25N5O2S/c1-5-7-20-12-17-10(14-6-2)16-11(18-12)15-8-13(3,19)9-21-4/h19H,5-9H2,1-4H3,(H2,14,15,16,17,18). The molecule has 0 radical (unpaired) electrons. The second kappa shape index (κ2) is 8.89. The lowest BCUT2D eigenvalue weighted by atomic mass is 10.1. The van der Waals surface area contributed by atoms with Crippen LogP contribution in [-0.2, 0) is 0 Å². The summed E-state index contributed by atoms with van der Waals surface area (Å²) in [6, 6.07) is 0.287. The lowest BCUT2D eigenvalue weighted by Gasteiger charge is -2.22. The van der Waals surface area contributed by atoms with Crippen molar-refractivity contribution in [2.75, 3.05) is 42.3 Å². The van der Waals surface area contributed by atoms with Crippen molar-refractivity contribution in [2.45, 2.75) is 32.8 Å². The Morgan fingerprint density at radius 3 is 2.43 bits per heavy atom. The fraction of sp³-hybridized carbons (Fsp3) is 0.769. The molecule has 8 heteroatoms. The Hall–Kier alpha value is -1.28. The molecule has 1 rings (SSSR count). The molecule has 7 nitrogen and oxygen atoms in total. The molecule has 3 N–H and O–H groups in total. The van der Waals surface area contributed by atoms with Crippen LogP contribution in [0.1, 0.15) is 27.2 Å². The number of nitrogens with one attached hydrogen (secondary N) is 2. The van der Waals surface area contributed by atoms with Crippen LogP contribution in [0.2, 0.25) is 0 Å². The van der Waals surface area contributed by atoms with Gasteiger partial charge in [-0.05, 0) is 26.5 Å². The van der Waals surface area contributed by atoms with Crippen LogP contribution < -0.4 is 15.4 Å². The van der Waals surface area contributed by atoms with Gasteiger partial charge in [0.15, 0.2) is 0 Å². The quantitative estimate of drug-likeness (QED) is 0.600. The van der Waals surface area contributed by atoms with Gasteiger partial charge in [0.1, 0.15) is 0 Å². The largest absolute Gasteiger partial charge is 0.463 e. The zero-order chi connectivity index (χ0) is 15.7. The van der Waals surface area contributed by atoms with E-state index in [4.69, 9.17) is 4.74 Å². The van der Waals surface area contributed by atoms with Gasteiger partial charge in [-0.3, -0.25) is 0 Å². The van der Waals surface area contributed by atoms with E-state index in [0.717, 1.165) is 6.42 Å². The molecule has 0 saturated carbocycles. The first kappa shape index (κ1) is 17.8. The molecule has 1 heterocycles. The minimum absolute atomic E-state index is 0.287. The Labute approximate surface area is 130 Å². The summed E-state index contributed by atoms with van der Waals surface area (Å²) in [6.45, 7) is 7.38. The summed E-state index contributed by atoms with van der Waals surface area (Å²) in [4.78, 5) is 12.6. The lowest BCUT2D eigenvalue weighted by molar-refractivity contribution is 0.0995. The van der Waals surface area contributed by atoms with Crippen molar-refractivity contribution < 1.29 is 9.84 Å². The summed E-state index contributed by atoms with van der Waals surface area (Å²) in [7, 11) is 0. The predicted octanol–water partition coefficient (Wildman–Crippen LogP) is 1.62. The van der Waals surface area contributed by atoms with E-state index in [1.54, 1.807) is 18.7 Å². The summed E-state index contributed by atoms with van der Waals surface area (Å²) in [5.74, 6) is 1.49. The number of hydrogen-bond acceptors (Lipinski definition) is 8. The highest BCUT2D eigenvalue weighted by Crippen LogP contribution is 2.14. The van der Waals surface area contributed by atoms with E-state index in [-0.39, 0.29) is 6.01 Å². The number of rotatable bonds is 10. The number of hydrogen-bond donors (Lipinski definition) is 3. The van der Waals surface area contributed by atoms with Gasteiger partial charge in [-0.15, -0.1) is 0 Å². The molecule has 0 aromatic carbocycles. The topological polar surface area (TPSA) is 92.2 Å². The van der Waals surface area contributed by atoms with Crippen LogP contribution in [0.5, 0.6) is 6.01 Å². The van der Waals surface area contributed by atoms with E-state index in [0.29, 0.717) is 37.3 Å². The van der Waals surface area contributed by atoms with E-state index in [9.17, 15) is 5.11 Å². The molecule has 1 unspecified atom stereocenters. The fourth-order valence-corrected chi connectivity index (χ4v) is 2.29. The average molecular weight is 315 g/mol. The molecule has 0 aliphatic heterocycles. The van der Waals surface area contributed by atoms with E-state index in [2.05, 4.69) is 25.6 Å². The van der Waals surface area contributed by atoms with Crippen molar-refractivity contribution >= 4 is 23.7 Å². The number of aromatic nitrogens is 3. The monoisotopic (exact) mass is 315 g/mol. The van der Waals surface area contributed by atoms with E-state index in [1.165, 1.54) is 0 Å². The van der Waals surface area contributed by atoms with Crippen LogP contribution in [0.4, 0.5) is 11.9 Å². The Kier molecular flexibility index (Phi) is 7.52. The van der Waals surface area contributed by atoms with Crippen molar-refractivity contribution in [3.05, 3.63) is 0 Å². The molecule has 0 aliphatic carbocycles. The maximum absolute atomic E-state index is 10.2. The van der Waals surface area contributed by atoms with E-state index >= 15 is 0 Å². The molecule has 1 aromatic heterocycles. The van der Waals surface area contributed by atoms with Crippen molar-refractivity contribution in [3.8, 4) is 6.01 Å². The third-order valence-corrected chi connectivity index (χ3v) is 3.38. The summed E-state index contributed by atoms with van der Waals surface area (Å²) in [5.41, 5.74) is -0.825. The van der Waals surface area contributed by atoms with Gasteiger partial charge in [-0.25, -0.2) is 0 Å². The minimum atomic E-state index is -0.825. The van der Waals surface area contributed by atoms with Gasteiger partial charge in [0.25, 0.3) is 0 Å². The highest BCUT2D eigenvalue weighted by molar-refractivity contribution is 7.98. The summed E-state index contributed by atoms with van der Waals surface area (Å²) < 4.78 is 5.45. The first-order chi connectivity index (χ1) is 10.0. The molecule has 0 amide bonds. The zero-order valence-corrected chi connectivity index (χ0v) is 14.0. The van der Waals surface area contributed by atoms with Crippen molar-refractivity contribution in [2.24, 2.45) is 0 Å². The first-order valence-electron chi connectivity index (χ1n) is 7.08. The summed E-state index contributed by atoms with van der Waals surface area (Å²) in [5, 5.41) is 16.2. The Morgan fingerprint density at radius 1 is 1.19 bits per heavy atom. The lowest BCUT2D eigenvalue weighted by Crippen LogP contribution is -2.36. The third kappa shape index (κ3) is 6.81. The highest BCUT2D eigenvalue weighted by atomic mass is 32.2. The second-order valence-electron chi connectivity index (χ2n) is 4.93. The van der Waals surface area contributed by atoms with Gasteiger partial charge in [-0.1, -0.05) is 6.92 Å². The Morgan fingerprint density at radius 2 is 1.86 bits per heavy atom. The van der Waals surface area contributed by atoms with Crippen molar-refractivity contribution in [1.29, 1.82) is 0 Å². The summed E-state index contributed by atoms with van der Waals surface area (Å²) >= 11 is 1.59. The molecule has 21 heavy (non-hydrogen) atoms. The number of aliphatic hydroxyl groups is 1. The van der Waals surface area contributed by atoms with Crippen LogP contribution in [0.3, 0.4) is 0 Å². The number of ether oxygens (including phenoxy) is 1. The Balaban J connectivity index is 2.77. The number of thioether (sulfide) groups is 1. The minimum Gasteiger partial charge on any atom is -0.463 e. The van der Waals surface area contributed by atoms with Crippen LogP contribution >= 0.6 is 11.8 Å². The van der Waals surface area contributed by atoms with E-state index in [1.807, 2.05) is 20.1 Å². The predicted molar refractivity (Wildman–Crippen MR) is 87.3 cm³/mol. The molecule has 0 spiro atoms. The zero-order valence-electron chi connectivity index (χ0n) is 13.1. The van der Waals surface area contributed by atoms with Crippen LogP contribution in [0.25, 0.3) is 0 Å². The number of nitrogens with zero attached hydrogens (tertiary/aromatic N) is 3. The van der Waals surface area contributed by atoms with Crippen LogP contribution in [-0.4, -0.2) is 57.4 Å². The molecule has 1 aromatic rings. The van der Waals surface area contributed by atoms with Gasteiger partial charge < -0.3 is 20.5 Å². The maximum atomic E-state index is 10.2. The van der Waals surface area contributed by atoms with Crippen LogP contribution in [0.15, 0.2) is 0 Å². The van der Waals surface area contributed by atoms with Gasteiger partial charge >= 0.3 is 6.01 Å². The average Bonchev–Trinajstić information content (AvgIpc) is 2.43. The van der Waals surface area contributed by atoms with Gasteiger partial charge in [0.2, 0.25) is 11.9 Å². The molecule has 0 saturated heterocycles. The molecular formula is C13H25N5O2S. The third-order valence-electron chi connectivity index (χ3n) is 2.47. The molecule has 1 atom stereocenters. The number of anilines is 2. The summed E-state index contributed by atoms with van der Waals surface area (Å²) in [6.07, 6.45) is 2.84. The van der Waals surface area contributed by atoms with Crippen LogP contribution in [0, 0.1) is 0 Å². The van der Waals surface area contributed by atoms with Crippen molar-refractivity contribution in [1.82, 2.24) is 15.0 Å². The Bertz CT molecular complexity index is 431. The van der Waals surface area contributed by atoms with Gasteiger partial charge in [0.05, 0.1) is 12.2 Å². The maximum Gasteiger partial charge on any atom is 0.323 e. The normalized spacial score (nSPS) is 13.6. The smallest absolute Gasteiger partial charge is 0.323 e. The van der Waals surface area contributed by atoms with E-state index < -0.39 is 5.60 Å². The second-order valence-corrected chi connectivity index (χ2v) is 5.79. The van der Waals surface area contributed by atoms with Gasteiger partial charge in [-0.2, -0.15) is 26.7 Å². The molecule has 0 bridgehead atoms. The molecule has 0 fully saturated rings. The molecular weight excluding hydrogens is 290 g/mol. The fourth-order valence-electron chi connectivity index (χ4n) is 1.56. The highest BCUT2D eigenvalue weighted by Gasteiger charge is 2.20. The molecule has 0 aliphatic rings. The van der Waals surface area contributed by atoms with Crippen molar-refractivity contribution in [3.63, 3.8) is 0 Å². The first-order valence-corrected chi connectivity index (χ1v) is 8.48. The molecule has 120 valence electrons. The van der Waals surface area contributed by atoms with Gasteiger partial charge in [0, 0.05) is 18.8 Å².